The van der Waals surface area contributed by atoms with E-state index in [0.717, 1.165) is 12.1 Å². The van der Waals surface area contributed by atoms with E-state index < -0.39 is 27.7 Å². The van der Waals surface area contributed by atoms with Crippen LogP contribution in [0.15, 0.2) is 45.8 Å². The molecule has 1 unspecified atom stereocenters. The monoisotopic (exact) mass is 462 g/mol. The standard InChI is InChI=1S/C20H23FN6O4S/c1-13(2)27-11-9-17(25-27)19-23-24-20(31-19)22-18(28)14-4-3-10-26(12-14)32(29,30)16-7-5-15(21)6-8-16/h5-9,11,13-14H,3-4,10,12H2,1-2H3,(H,22,24,28). The molecule has 0 saturated carbocycles. The summed E-state index contributed by atoms with van der Waals surface area (Å²) in [4.78, 5) is 12.7. The van der Waals surface area contributed by atoms with Crippen LogP contribution in [0.25, 0.3) is 11.6 Å². The van der Waals surface area contributed by atoms with Crippen molar-refractivity contribution in [3.63, 3.8) is 0 Å². The summed E-state index contributed by atoms with van der Waals surface area (Å²) in [6.07, 6.45) is 2.82. The van der Waals surface area contributed by atoms with Gasteiger partial charge in [0.1, 0.15) is 11.5 Å². The van der Waals surface area contributed by atoms with Gasteiger partial charge in [0, 0.05) is 25.3 Å². The Balaban J connectivity index is 1.42. The summed E-state index contributed by atoms with van der Waals surface area (Å²) < 4.78 is 47.4. The van der Waals surface area contributed by atoms with Crippen LogP contribution in [0.3, 0.4) is 0 Å². The Morgan fingerprint density at radius 1 is 1.22 bits per heavy atom. The van der Waals surface area contributed by atoms with Crippen molar-refractivity contribution in [3.05, 3.63) is 42.3 Å². The molecule has 2 aromatic heterocycles. The van der Waals surface area contributed by atoms with E-state index in [9.17, 15) is 17.6 Å². The fourth-order valence-corrected chi connectivity index (χ4v) is 4.98. The number of amides is 1. The smallest absolute Gasteiger partial charge is 0.322 e. The van der Waals surface area contributed by atoms with E-state index in [-0.39, 0.29) is 35.9 Å². The fraction of sp³-hybridized carbons (Fsp3) is 0.400. The molecular formula is C20H23FN6O4S. The number of benzene rings is 1. The Hall–Kier alpha value is -3.12. The molecule has 1 aromatic carbocycles. The van der Waals surface area contributed by atoms with Gasteiger partial charge >= 0.3 is 6.01 Å². The van der Waals surface area contributed by atoms with Gasteiger partial charge in [-0.25, -0.2) is 12.8 Å². The highest BCUT2D eigenvalue weighted by molar-refractivity contribution is 7.89. The lowest BCUT2D eigenvalue weighted by atomic mass is 9.99. The normalized spacial score (nSPS) is 17.6. The molecule has 32 heavy (non-hydrogen) atoms. The maximum Gasteiger partial charge on any atom is 0.322 e. The van der Waals surface area contributed by atoms with E-state index >= 15 is 0 Å². The van der Waals surface area contributed by atoms with Crippen molar-refractivity contribution in [2.45, 2.75) is 37.6 Å². The number of hydrogen-bond acceptors (Lipinski definition) is 7. The van der Waals surface area contributed by atoms with Crippen LogP contribution in [0.4, 0.5) is 10.4 Å². The number of nitrogens with one attached hydrogen (secondary N) is 1. The molecule has 1 atom stereocenters. The molecule has 1 fully saturated rings. The lowest BCUT2D eigenvalue weighted by Crippen LogP contribution is -2.43. The molecule has 170 valence electrons. The first-order valence-corrected chi connectivity index (χ1v) is 11.6. The second-order valence-corrected chi connectivity index (χ2v) is 9.77. The van der Waals surface area contributed by atoms with Crippen molar-refractivity contribution >= 4 is 21.9 Å². The highest BCUT2D eigenvalue weighted by Crippen LogP contribution is 2.25. The molecule has 0 spiro atoms. The molecule has 4 rings (SSSR count). The Morgan fingerprint density at radius 3 is 2.66 bits per heavy atom. The van der Waals surface area contributed by atoms with Crippen molar-refractivity contribution in [2.24, 2.45) is 5.92 Å². The largest absolute Gasteiger partial charge is 0.401 e. The first-order chi connectivity index (χ1) is 15.2. The topological polar surface area (TPSA) is 123 Å². The summed E-state index contributed by atoms with van der Waals surface area (Å²) in [5.74, 6) is -1.35. The predicted octanol–water partition coefficient (Wildman–Crippen LogP) is 2.69. The van der Waals surface area contributed by atoms with E-state index in [2.05, 4.69) is 20.6 Å². The maximum atomic E-state index is 13.2. The minimum Gasteiger partial charge on any atom is -0.401 e. The van der Waals surface area contributed by atoms with Crippen LogP contribution in [0, 0.1) is 11.7 Å². The van der Waals surface area contributed by atoms with Crippen LogP contribution in [0.2, 0.25) is 0 Å². The number of sulfonamides is 1. The molecule has 10 nitrogen and oxygen atoms in total. The number of nitrogens with zero attached hydrogens (tertiary/aromatic N) is 5. The Kier molecular flexibility index (Phi) is 6.07. The van der Waals surface area contributed by atoms with E-state index in [1.54, 1.807) is 16.9 Å². The first kappa shape index (κ1) is 22.1. The van der Waals surface area contributed by atoms with Gasteiger partial charge in [0.05, 0.1) is 10.8 Å². The second kappa shape index (κ2) is 8.79. The summed E-state index contributed by atoms with van der Waals surface area (Å²) in [7, 11) is -3.83. The van der Waals surface area contributed by atoms with Gasteiger partial charge in [0.2, 0.25) is 15.9 Å². The molecule has 0 radical (unpaired) electrons. The summed E-state index contributed by atoms with van der Waals surface area (Å²) in [5, 5.41) is 14.7. The number of anilines is 1. The van der Waals surface area contributed by atoms with E-state index in [1.165, 1.54) is 16.4 Å². The zero-order valence-corrected chi connectivity index (χ0v) is 18.4. The van der Waals surface area contributed by atoms with Gasteiger partial charge in [-0.05, 0) is 57.0 Å². The van der Waals surface area contributed by atoms with Crippen LogP contribution in [0.1, 0.15) is 32.7 Å². The summed E-state index contributed by atoms with van der Waals surface area (Å²) in [6, 6.07) is 6.45. The number of halogens is 1. The first-order valence-electron chi connectivity index (χ1n) is 10.2. The number of hydrogen-bond donors (Lipinski definition) is 1. The Morgan fingerprint density at radius 2 is 1.97 bits per heavy atom. The third-order valence-electron chi connectivity index (χ3n) is 5.22. The molecule has 1 N–H and O–H groups in total. The molecule has 0 bridgehead atoms. The molecule has 1 aliphatic rings. The highest BCUT2D eigenvalue weighted by atomic mass is 32.2. The van der Waals surface area contributed by atoms with Crippen molar-refractivity contribution < 1.29 is 22.0 Å². The van der Waals surface area contributed by atoms with Crippen molar-refractivity contribution in [2.75, 3.05) is 18.4 Å². The van der Waals surface area contributed by atoms with Gasteiger partial charge in [0.25, 0.3) is 5.89 Å². The average Bonchev–Trinajstić information content (AvgIpc) is 3.44. The highest BCUT2D eigenvalue weighted by Gasteiger charge is 2.34. The van der Waals surface area contributed by atoms with Crippen LogP contribution in [-0.4, -0.2) is 51.7 Å². The molecule has 0 aliphatic carbocycles. The van der Waals surface area contributed by atoms with E-state index in [0.29, 0.717) is 18.5 Å². The third kappa shape index (κ3) is 4.55. The molecule has 1 amide bonds. The van der Waals surface area contributed by atoms with Crippen LogP contribution < -0.4 is 5.32 Å². The van der Waals surface area contributed by atoms with Gasteiger partial charge in [-0.15, -0.1) is 5.10 Å². The van der Waals surface area contributed by atoms with Gasteiger partial charge in [0.15, 0.2) is 0 Å². The quantitative estimate of drug-likeness (QED) is 0.597. The summed E-state index contributed by atoms with van der Waals surface area (Å²) >= 11 is 0. The summed E-state index contributed by atoms with van der Waals surface area (Å²) in [6.45, 7) is 4.26. The van der Waals surface area contributed by atoms with E-state index in [1.807, 2.05) is 13.8 Å². The number of aromatic nitrogens is 4. The van der Waals surface area contributed by atoms with Gasteiger partial charge in [-0.3, -0.25) is 14.8 Å². The summed E-state index contributed by atoms with van der Waals surface area (Å²) in [5.41, 5.74) is 0.487. The zero-order valence-electron chi connectivity index (χ0n) is 17.6. The number of carbonyl (C=O) groups excluding carboxylic acids is 1. The zero-order chi connectivity index (χ0) is 22.9. The number of piperidine rings is 1. The molecule has 1 saturated heterocycles. The van der Waals surface area contributed by atoms with Gasteiger partial charge in [-0.1, -0.05) is 5.10 Å². The SMILES string of the molecule is CC(C)n1ccc(-c2nnc(NC(=O)C3CCCN(S(=O)(=O)c4ccc(F)cc4)C3)o2)n1. The Labute approximate surface area is 184 Å². The molecule has 1 aliphatic heterocycles. The lowest BCUT2D eigenvalue weighted by Gasteiger charge is -2.30. The van der Waals surface area contributed by atoms with Gasteiger partial charge < -0.3 is 4.42 Å². The van der Waals surface area contributed by atoms with Crippen LogP contribution >= 0.6 is 0 Å². The molecule has 3 aromatic rings. The van der Waals surface area contributed by atoms with Crippen LogP contribution in [0.5, 0.6) is 0 Å². The van der Waals surface area contributed by atoms with Crippen LogP contribution in [-0.2, 0) is 14.8 Å². The third-order valence-corrected chi connectivity index (χ3v) is 7.10. The fourth-order valence-electron chi connectivity index (χ4n) is 3.45. The Bertz CT molecular complexity index is 1200. The number of rotatable bonds is 6. The van der Waals surface area contributed by atoms with Crippen molar-refractivity contribution in [3.8, 4) is 11.6 Å². The van der Waals surface area contributed by atoms with Crippen molar-refractivity contribution in [1.82, 2.24) is 24.3 Å². The van der Waals surface area contributed by atoms with Crippen molar-refractivity contribution in [1.29, 1.82) is 0 Å². The molecule has 12 heteroatoms. The number of carbonyl (C=O) groups is 1. The second-order valence-electron chi connectivity index (χ2n) is 7.83. The molecule has 3 heterocycles. The van der Waals surface area contributed by atoms with Gasteiger partial charge in [-0.2, -0.15) is 9.40 Å². The minimum absolute atomic E-state index is 0.00529. The molecular weight excluding hydrogens is 439 g/mol. The minimum atomic E-state index is -3.83. The lowest BCUT2D eigenvalue weighted by molar-refractivity contribution is -0.121. The van der Waals surface area contributed by atoms with E-state index in [4.69, 9.17) is 4.42 Å². The predicted molar refractivity (Wildman–Crippen MR) is 112 cm³/mol. The maximum absolute atomic E-state index is 13.2. The average molecular weight is 463 g/mol.